The van der Waals surface area contributed by atoms with Gasteiger partial charge in [-0.3, -0.25) is 4.79 Å². The van der Waals surface area contributed by atoms with Gasteiger partial charge in [-0.15, -0.1) is 11.8 Å². The van der Waals surface area contributed by atoms with Crippen molar-refractivity contribution in [3.05, 3.63) is 35.4 Å². The largest absolute Gasteiger partial charge is 0.323 e. The Morgan fingerprint density at radius 1 is 1.18 bits per heavy atom. The molecule has 2 aliphatic heterocycles. The first-order chi connectivity index (χ1) is 10.4. The van der Waals surface area contributed by atoms with Crippen molar-refractivity contribution < 1.29 is 4.79 Å². The Labute approximate surface area is 137 Å². The molecule has 120 valence electrons. The number of rotatable bonds is 1. The molecule has 1 N–H and O–H groups in total. The fourth-order valence-electron chi connectivity index (χ4n) is 3.40. The lowest BCUT2D eigenvalue weighted by Crippen LogP contribution is -2.51. The van der Waals surface area contributed by atoms with Gasteiger partial charge in [-0.2, -0.15) is 0 Å². The van der Waals surface area contributed by atoms with Gasteiger partial charge < -0.3 is 10.2 Å². The predicted octanol–water partition coefficient (Wildman–Crippen LogP) is 3.25. The second-order valence-electron chi connectivity index (χ2n) is 7.33. The van der Waals surface area contributed by atoms with Crippen LogP contribution in [0.4, 0.5) is 0 Å². The lowest BCUT2D eigenvalue weighted by molar-refractivity contribution is 0.0635. The van der Waals surface area contributed by atoms with Crippen LogP contribution in [-0.2, 0) is 5.41 Å². The zero-order valence-electron chi connectivity index (χ0n) is 13.8. The Bertz CT molecular complexity index is 541. The molecule has 2 heterocycles. The summed E-state index contributed by atoms with van der Waals surface area (Å²) in [5, 5.41) is 3.41. The van der Waals surface area contributed by atoms with E-state index in [2.05, 4.69) is 43.1 Å². The van der Waals surface area contributed by atoms with Crippen LogP contribution in [0.1, 0.15) is 49.5 Å². The van der Waals surface area contributed by atoms with Crippen LogP contribution >= 0.6 is 11.8 Å². The van der Waals surface area contributed by atoms with Crippen LogP contribution in [0.2, 0.25) is 0 Å². The number of benzene rings is 1. The molecule has 3 rings (SSSR count). The maximum atomic E-state index is 13.0. The summed E-state index contributed by atoms with van der Waals surface area (Å²) in [6.07, 6.45) is 2.12. The molecule has 0 aromatic heterocycles. The quantitative estimate of drug-likeness (QED) is 0.862. The molecule has 2 aliphatic rings. The molecule has 0 aliphatic carbocycles. The Morgan fingerprint density at radius 2 is 1.82 bits per heavy atom. The van der Waals surface area contributed by atoms with Crippen molar-refractivity contribution in [3.63, 3.8) is 0 Å². The SMILES string of the molecule is CC(C)(C)c1ccc(C(=O)N2CCSC23CCNCC3)cc1. The Morgan fingerprint density at radius 3 is 2.41 bits per heavy atom. The van der Waals surface area contributed by atoms with Crippen molar-refractivity contribution in [3.8, 4) is 0 Å². The molecule has 4 heteroatoms. The fraction of sp³-hybridized carbons (Fsp3) is 0.611. The minimum absolute atomic E-state index is 0.0328. The lowest BCUT2D eigenvalue weighted by atomic mass is 9.86. The topological polar surface area (TPSA) is 32.3 Å². The predicted molar refractivity (Wildman–Crippen MR) is 93.5 cm³/mol. The summed E-state index contributed by atoms with van der Waals surface area (Å²) in [5.41, 5.74) is 2.23. The maximum absolute atomic E-state index is 13.0. The number of carbonyl (C=O) groups is 1. The third-order valence-corrected chi connectivity index (χ3v) is 6.36. The van der Waals surface area contributed by atoms with E-state index < -0.39 is 0 Å². The number of piperidine rings is 1. The average molecular weight is 318 g/mol. The fourth-order valence-corrected chi connectivity index (χ4v) is 4.87. The van der Waals surface area contributed by atoms with Gasteiger partial charge in [0.15, 0.2) is 0 Å². The van der Waals surface area contributed by atoms with Gasteiger partial charge in [0.2, 0.25) is 0 Å². The maximum Gasteiger partial charge on any atom is 0.254 e. The highest BCUT2D eigenvalue weighted by Crippen LogP contribution is 2.43. The molecule has 2 fully saturated rings. The lowest BCUT2D eigenvalue weighted by Gasteiger charge is -2.40. The Balaban J connectivity index is 1.81. The first kappa shape index (κ1) is 15.9. The molecule has 0 atom stereocenters. The first-order valence-corrected chi connectivity index (χ1v) is 9.18. The van der Waals surface area contributed by atoms with E-state index >= 15 is 0 Å². The van der Waals surface area contributed by atoms with Crippen LogP contribution in [0.5, 0.6) is 0 Å². The van der Waals surface area contributed by atoms with Gasteiger partial charge in [-0.1, -0.05) is 32.9 Å². The minimum atomic E-state index is 0.0328. The average Bonchev–Trinajstić information content (AvgIpc) is 2.89. The molecule has 3 nitrogen and oxygen atoms in total. The molecule has 1 aromatic carbocycles. The van der Waals surface area contributed by atoms with E-state index in [-0.39, 0.29) is 16.2 Å². The van der Waals surface area contributed by atoms with E-state index in [1.807, 2.05) is 23.9 Å². The smallest absolute Gasteiger partial charge is 0.254 e. The molecule has 1 spiro atoms. The van der Waals surface area contributed by atoms with Gasteiger partial charge in [0.1, 0.15) is 0 Å². The second-order valence-corrected chi connectivity index (χ2v) is 8.79. The molecule has 1 amide bonds. The highest BCUT2D eigenvalue weighted by Gasteiger charge is 2.45. The molecule has 0 bridgehead atoms. The summed E-state index contributed by atoms with van der Waals surface area (Å²) in [5.74, 6) is 1.26. The van der Waals surface area contributed by atoms with Crippen molar-refractivity contribution in [2.24, 2.45) is 0 Å². The van der Waals surface area contributed by atoms with Crippen molar-refractivity contribution in [1.29, 1.82) is 0 Å². The normalized spacial score (nSPS) is 21.3. The van der Waals surface area contributed by atoms with Gasteiger partial charge in [-0.05, 0) is 49.0 Å². The number of hydrogen-bond donors (Lipinski definition) is 1. The second kappa shape index (κ2) is 5.89. The number of hydrogen-bond acceptors (Lipinski definition) is 3. The van der Waals surface area contributed by atoms with Crippen LogP contribution in [0.3, 0.4) is 0 Å². The zero-order valence-corrected chi connectivity index (χ0v) is 14.6. The third kappa shape index (κ3) is 2.91. The van der Waals surface area contributed by atoms with Crippen LogP contribution in [-0.4, -0.2) is 41.1 Å². The van der Waals surface area contributed by atoms with Gasteiger partial charge in [0, 0.05) is 17.9 Å². The Kier molecular flexibility index (Phi) is 4.25. The van der Waals surface area contributed by atoms with E-state index in [1.54, 1.807) is 0 Å². The molecule has 0 unspecified atom stereocenters. The molecule has 1 aromatic rings. The van der Waals surface area contributed by atoms with Gasteiger partial charge in [0.05, 0.1) is 4.87 Å². The summed E-state index contributed by atoms with van der Waals surface area (Å²) in [6.45, 7) is 9.50. The first-order valence-electron chi connectivity index (χ1n) is 8.20. The van der Waals surface area contributed by atoms with E-state index in [4.69, 9.17) is 0 Å². The highest BCUT2D eigenvalue weighted by molar-refractivity contribution is 8.00. The monoisotopic (exact) mass is 318 g/mol. The summed E-state index contributed by atoms with van der Waals surface area (Å²) in [6, 6.07) is 8.21. The molecule has 0 radical (unpaired) electrons. The molecule has 22 heavy (non-hydrogen) atoms. The van der Waals surface area contributed by atoms with E-state index in [0.29, 0.717) is 0 Å². The van der Waals surface area contributed by atoms with Crippen LogP contribution in [0.25, 0.3) is 0 Å². The van der Waals surface area contributed by atoms with Crippen molar-refractivity contribution in [1.82, 2.24) is 10.2 Å². The van der Waals surface area contributed by atoms with Crippen LogP contribution < -0.4 is 5.32 Å². The number of nitrogens with zero attached hydrogens (tertiary/aromatic N) is 1. The number of thioether (sulfide) groups is 1. The number of nitrogens with one attached hydrogen (secondary N) is 1. The summed E-state index contributed by atoms with van der Waals surface area (Å²) >= 11 is 1.97. The van der Waals surface area contributed by atoms with Gasteiger partial charge >= 0.3 is 0 Å². The summed E-state index contributed by atoms with van der Waals surface area (Å²) < 4.78 is 0. The minimum Gasteiger partial charge on any atom is -0.323 e. The summed E-state index contributed by atoms with van der Waals surface area (Å²) in [7, 11) is 0. The van der Waals surface area contributed by atoms with Gasteiger partial charge in [0.25, 0.3) is 5.91 Å². The summed E-state index contributed by atoms with van der Waals surface area (Å²) in [4.78, 5) is 15.1. The van der Waals surface area contributed by atoms with Crippen molar-refractivity contribution in [2.45, 2.75) is 43.9 Å². The van der Waals surface area contributed by atoms with Gasteiger partial charge in [-0.25, -0.2) is 0 Å². The third-order valence-electron chi connectivity index (χ3n) is 4.81. The molecule has 0 saturated carbocycles. The number of carbonyl (C=O) groups excluding carboxylic acids is 1. The van der Waals surface area contributed by atoms with Crippen molar-refractivity contribution >= 4 is 17.7 Å². The van der Waals surface area contributed by atoms with E-state index in [9.17, 15) is 4.79 Å². The number of amides is 1. The highest BCUT2D eigenvalue weighted by atomic mass is 32.2. The van der Waals surface area contributed by atoms with Crippen LogP contribution in [0, 0.1) is 0 Å². The van der Waals surface area contributed by atoms with Crippen LogP contribution in [0.15, 0.2) is 24.3 Å². The Hall–Kier alpha value is -1.00. The molecule has 2 saturated heterocycles. The van der Waals surface area contributed by atoms with E-state index in [0.717, 1.165) is 43.8 Å². The van der Waals surface area contributed by atoms with Crippen molar-refractivity contribution in [2.75, 3.05) is 25.4 Å². The molecular weight excluding hydrogens is 292 g/mol. The van der Waals surface area contributed by atoms with E-state index in [1.165, 1.54) is 5.56 Å². The molecular formula is C18H26N2OS. The standard InChI is InChI=1S/C18H26N2OS/c1-17(2,3)15-6-4-14(5-7-15)16(21)20-12-13-22-18(20)8-10-19-11-9-18/h4-7,19H,8-13H2,1-3H3. The zero-order chi connectivity index (χ0) is 15.8.